The lowest BCUT2D eigenvalue weighted by Gasteiger charge is -2.08. The molecule has 2 heterocycles. The number of carbonyl (C=O) groups excluding carboxylic acids is 2. The molecule has 0 fully saturated rings. The molecule has 0 spiro atoms. The molecule has 2 amide bonds. The fourth-order valence-electron chi connectivity index (χ4n) is 2.38. The van der Waals surface area contributed by atoms with Crippen LogP contribution in [-0.2, 0) is 11.3 Å². The van der Waals surface area contributed by atoms with Crippen molar-refractivity contribution < 1.29 is 14.3 Å². The Labute approximate surface area is 154 Å². The third-order valence-electron chi connectivity index (χ3n) is 3.64. The highest BCUT2D eigenvalue weighted by Crippen LogP contribution is 2.17. The van der Waals surface area contributed by atoms with Crippen LogP contribution in [0.4, 0.5) is 10.5 Å². The highest BCUT2D eigenvalue weighted by molar-refractivity contribution is 6.30. The highest BCUT2D eigenvalue weighted by atomic mass is 35.5. The second-order valence-corrected chi connectivity index (χ2v) is 5.89. The number of hydrogen-bond acceptors (Lipinski definition) is 4. The molecule has 0 bridgehead atoms. The van der Waals surface area contributed by atoms with E-state index >= 15 is 0 Å². The maximum Gasteiger partial charge on any atom is 0.341 e. The lowest BCUT2D eigenvalue weighted by atomic mass is 10.2. The maximum absolute atomic E-state index is 12.1. The van der Waals surface area contributed by atoms with Gasteiger partial charge in [-0.25, -0.2) is 14.1 Å². The molecular weight excluding hydrogens is 356 g/mol. The molecule has 0 aliphatic heterocycles. The number of halogens is 1. The van der Waals surface area contributed by atoms with Gasteiger partial charge in [0.1, 0.15) is 5.56 Å². The number of ether oxygens (including phenoxy) is 1. The number of amides is 2. The fourth-order valence-corrected chi connectivity index (χ4v) is 2.51. The zero-order chi connectivity index (χ0) is 18.5. The number of rotatable bonds is 5. The molecule has 0 aliphatic carbocycles. The molecule has 0 saturated heterocycles. The Morgan fingerprint density at radius 3 is 2.73 bits per heavy atom. The number of carbonyl (C=O) groups is 2. The predicted molar refractivity (Wildman–Crippen MR) is 98.5 cm³/mol. The first-order valence-electron chi connectivity index (χ1n) is 8.00. The summed E-state index contributed by atoms with van der Waals surface area (Å²) in [5.74, 6) is -0.452. The van der Waals surface area contributed by atoms with Gasteiger partial charge in [0.05, 0.1) is 18.3 Å². The van der Waals surface area contributed by atoms with E-state index in [1.807, 2.05) is 12.1 Å². The first-order chi connectivity index (χ1) is 12.6. The molecule has 3 aromatic rings. The molecule has 0 atom stereocenters. The Morgan fingerprint density at radius 2 is 2.00 bits per heavy atom. The van der Waals surface area contributed by atoms with E-state index in [1.165, 1.54) is 6.20 Å². The van der Waals surface area contributed by atoms with E-state index in [1.54, 1.807) is 41.9 Å². The standard InChI is InChI=1S/C18H17ClN4O3/c1-2-26-17(24)15-11-21-23-8-7-14(9-16(15)23)22-18(25)20-10-12-3-5-13(19)6-4-12/h3-9,11H,2,10H2,1H3,(H2,20,22,25). The lowest BCUT2D eigenvalue weighted by Crippen LogP contribution is -2.28. The van der Waals surface area contributed by atoms with Crippen LogP contribution in [0.1, 0.15) is 22.8 Å². The Morgan fingerprint density at radius 1 is 1.23 bits per heavy atom. The van der Waals surface area contributed by atoms with Crippen LogP contribution in [0.5, 0.6) is 0 Å². The third kappa shape index (κ3) is 4.12. The van der Waals surface area contributed by atoms with E-state index in [2.05, 4.69) is 15.7 Å². The van der Waals surface area contributed by atoms with Crippen molar-refractivity contribution in [2.24, 2.45) is 0 Å². The summed E-state index contributed by atoms with van der Waals surface area (Å²) in [5, 5.41) is 10.2. The number of aromatic nitrogens is 2. The second kappa shape index (κ2) is 7.88. The van der Waals surface area contributed by atoms with E-state index in [0.717, 1.165) is 5.56 Å². The minimum Gasteiger partial charge on any atom is -0.462 e. The molecule has 0 saturated carbocycles. The van der Waals surface area contributed by atoms with Gasteiger partial charge in [0.2, 0.25) is 0 Å². The van der Waals surface area contributed by atoms with Gasteiger partial charge in [-0.05, 0) is 36.8 Å². The summed E-state index contributed by atoms with van der Waals surface area (Å²) in [7, 11) is 0. The molecule has 0 unspecified atom stereocenters. The Hall–Kier alpha value is -3.06. The first kappa shape index (κ1) is 17.8. The Kier molecular flexibility index (Phi) is 5.38. The van der Waals surface area contributed by atoms with Gasteiger partial charge in [-0.3, -0.25) is 0 Å². The van der Waals surface area contributed by atoms with Crippen molar-refractivity contribution in [2.45, 2.75) is 13.5 Å². The summed E-state index contributed by atoms with van der Waals surface area (Å²) >= 11 is 5.84. The van der Waals surface area contributed by atoms with Gasteiger partial charge in [0.15, 0.2) is 0 Å². The Bertz CT molecular complexity index is 937. The SMILES string of the molecule is CCOC(=O)c1cnn2ccc(NC(=O)NCc3ccc(Cl)cc3)cc12. The molecule has 26 heavy (non-hydrogen) atoms. The average Bonchev–Trinajstić information content (AvgIpc) is 3.05. The second-order valence-electron chi connectivity index (χ2n) is 5.46. The Balaban J connectivity index is 1.67. The van der Waals surface area contributed by atoms with E-state index in [0.29, 0.717) is 28.3 Å². The monoisotopic (exact) mass is 372 g/mol. The van der Waals surface area contributed by atoms with Gasteiger partial charge in [-0.15, -0.1) is 0 Å². The number of esters is 1. The van der Waals surface area contributed by atoms with Gasteiger partial charge in [-0.1, -0.05) is 23.7 Å². The fraction of sp³-hybridized carbons (Fsp3) is 0.167. The van der Waals surface area contributed by atoms with Gasteiger partial charge >= 0.3 is 12.0 Å². The molecule has 134 valence electrons. The number of nitrogens with one attached hydrogen (secondary N) is 2. The van der Waals surface area contributed by atoms with Crippen LogP contribution >= 0.6 is 11.6 Å². The highest BCUT2D eigenvalue weighted by Gasteiger charge is 2.14. The number of benzene rings is 1. The minimum absolute atomic E-state index is 0.279. The van der Waals surface area contributed by atoms with Crippen molar-refractivity contribution in [1.82, 2.24) is 14.9 Å². The number of anilines is 1. The number of fused-ring (bicyclic) bond motifs is 1. The topological polar surface area (TPSA) is 84.7 Å². The van der Waals surface area contributed by atoms with E-state index in [-0.39, 0.29) is 12.6 Å². The summed E-state index contributed by atoms with van der Waals surface area (Å²) in [4.78, 5) is 24.0. The largest absolute Gasteiger partial charge is 0.462 e. The summed E-state index contributed by atoms with van der Waals surface area (Å²) in [5.41, 5.74) is 2.37. The minimum atomic E-state index is -0.452. The average molecular weight is 373 g/mol. The molecule has 2 aromatic heterocycles. The molecule has 1 aromatic carbocycles. The van der Waals surface area contributed by atoms with E-state index in [9.17, 15) is 9.59 Å². The molecular formula is C18H17ClN4O3. The van der Waals surface area contributed by atoms with Crippen LogP contribution in [0, 0.1) is 0 Å². The van der Waals surface area contributed by atoms with Crippen LogP contribution in [0.2, 0.25) is 5.02 Å². The molecule has 0 radical (unpaired) electrons. The molecule has 2 N–H and O–H groups in total. The number of nitrogens with zero attached hydrogens (tertiary/aromatic N) is 2. The van der Waals surface area contributed by atoms with Crippen LogP contribution in [0.25, 0.3) is 5.52 Å². The zero-order valence-electron chi connectivity index (χ0n) is 14.0. The van der Waals surface area contributed by atoms with Crippen molar-refractivity contribution in [3.05, 3.63) is 64.9 Å². The van der Waals surface area contributed by atoms with Crippen LogP contribution in [0.15, 0.2) is 48.8 Å². The van der Waals surface area contributed by atoms with Crippen molar-refractivity contribution in [1.29, 1.82) is 0 Å². The number of pyridine rings is 1. The molecule has 3 rings (SSSR count). The summed E-state index contributed by atoms with van der Waals surface area (Å²) in [6.07, 6.45) is 3.10. The molecule has 7 nitrogen and oxygen atoms in total. The predicted octanol–water partition coefficient (Wildman–Crippen LogP) is 3.49. The summed E-state index contributed by atoms with van der Waals surface area (Å²) in [6.45, 7) is 2.38. The van der Waals surface area contributed by atoms with Gasteiger partial charge in [0, 0.05) is 23.5 Å². The van der Waals surface area contributed by atoms with Gasteiger partial charge < -0.3 is 15.4 Å². The van der Waals surface area contributed by atoms with Crippen molar-refractivity contribution in [3.8, 4) is 0 Å². The lowest BCUT2D eigenvalue weighted by molar-refractivity contribution is 0.0528. The smallest absolute Gasteiger partial charge is 0.341 e. The summed E-state index contributed by atoms with van der Waals surface area (Å²) < 4.78 is 6.55. The van der Waals surface area contributed by atoms with E-state index < -0.39 is 5.97 Å². The normalized spacial score (nSPS) is 10.5. The van der Waals surface area contributed by atoms with Gasteiger partial charge in [-0.2, -0.15) is 5.10 Å². The van der Waals surface area contributed by atoms with Crippen molar-refractivity contribution >= 4 is 34.8 Å². The van der Waals surface area contributed by atoms with E-state index in [4.69, 9.17) is 16.3 Å². The summed E-state index contributed by atoms with van der Waals surface area (Å²) in [6, 6.07) is 10.2. The van der Waals surface area contributed by atoms with Gasteiger partial charge in [0.25, 0.3) is 0 Å². The third-order valence-corrected chi connectivity index (χ3v) is 3.89. The zero-order valence-corrected chi connectivity index (χ0v) is 14.8. The molecule has 0 aliphatic rings. The quantitative estimate of drug-likeness (QED) is 0.671. The first-order valence-corrected chi connectivity index (χ1v) is 8.38. The van der Waals surface area contributed by atoms with Crippen LogP contribution in [-0.4, -0.2) is 28.2 Å². The van der Waals surface area contributed by atoms with Crippen LogP contribution in [0.3, 0.4) is 0 Å². The maximum atomic E-state index is 12.1. The number of urea groups is 1. The molecule has 8 heteroatoms. The van der Waals surface area contributed by atoms with Crippen molar-refractivity contribution in [2.75, 3.05) is 11.9 Å². The number of hydrogen-bond donors (Lipinski definition) is 2. The van der Waals surface area contributed by atoms with Crippen LogP contribution < -0.4 is 10.6 Å². The van der Waals surface area contributed by atoms with Crippen molar-refractivity contribution in [3.63, 3.8) is 0 Å².